The van der Waals surface area contributed by atoms with Gasteiger partial charge in [0.15, 0.2) is 9.84 Å². The largest absolute Gasteiger partial charge is 0.416 e. The minimum atomic E-state index is -5.27. The molecular weight excluding hydrogens is 406 g/mol. The Bertz CT molecular complexity index is 1000. The Balaban J connectivity index is 2.67. The molecule has 0 spiro atoms. The Morgan fingerprint density at radius 2 is 1.21 bits per heavy atom. The smallest absolute Gasteiger partial charge is 0.223 e. The molecule has 9 heteroatoms. The fourth-order valence-electron chi connectivity index (χ4n) is 2.33. The van der Waals surface area contributed by atoms with Gasteiger partial charge < -0.3 is 0 Å². The van der Waals surface area contributed by atoms with Gasteiger partial charge in [-0.2, -0.15) is 26.3 Å². The van der Waals surface area contributed by atoms with Crippen molar-refractivity contribution in [1.29, 1.82) is 0 Å². The molecule has 0 atom stereocenters. The lowest BCUT2D eigenvalue weighted by Crippen LogP contribution is -2.14. The molecule has 0 amide bonds. The van der Waals surface area contributed by atoms with Gasteiger partial charge in [0.2, 0.25) is 0 Å². The maximum atomic E-state index is 13.0. The zero-order valence-corrected chi connectivity index (χ0v) is 15.9. The van der Waals surface area contributed by atoms with E-state index < -0.39 is 49.5 Å². The predicted octanol–water partition coefficient (Wildman–Crippen LogP) is 6.00. The molecule has 2 aromatic rings. The van der Waals surface area contributed by atoms with E-state index >= 15 is 0 Å². The third-order valence-corrected chi connectivity index (χ3v) is 5.24. The lowest BCUT2D eigenvalue weighted by atomic mass is 9.87. The van der Waals surface area contributed by atoms with Crippen molar-refractivity contribution in [3.8, 4) is 0 Å². The second-order valence-corrected chi connectivity index (χ2v) is 8.86. The molecule has 2 rings (SSSR count). The van der Waals surface area contributed by atoms with Crippen LogP contribution in [0.5, 0.6) is 0 Å². The Morgan fingerprint density at radius 3 is 1.57 bits per heavy atom. The van der Waals surface area contributed by atoms with Crippen molar-refractivity contribution in [2.24, 2.45) is 0 Å². The molecule has 2 aromatic carbocycles. The molecule has 0 fully saturated rings. The van der Waals surface area contributed by atoms with Crippen LogP contribution in [0.3, 0.4) is 0 Å². The van der Waals surface area contributed by atoms with Crippen LogP contribution in [0.1, 0.15) is 45.8 Å². The second kappa shape index (κ2) is 7.09. The van der Waals surface area contributed by atoms with E-state index in [0.29, 0.717) is 0 Å². The molecule has 0 unspecified atom stereocenters. The number of rotatable bonds is 3. The predicted molar refractivity (Wildman–Crippen MR) is 92.5 cm³/mol. The molecule has 0 heterocycles. The molecule has 0 saturated carbocycles. The van der Waals surface area contributed by atoms with E-state index in [1.165, 1.54) is 12.1 Å². The highest BCUT2D eigenvalue weighted by molar-refractivity contribution is 7.90. The van der Waals surface area contributed by atoms with Crippen molar-refractivity contribution in [2.75, 3.05) is 0 Å². The first-order valence-electron chi connectivity index (χ1n) is 8.93. The van der Waals surface area contributed by atoms with Crippen molar-refractivity contribution < 1.29 is 37.5 Å². The van der Waals surface area contributed by atoms with Crippen LogP contribution >= 0.6 is 0 Å². The van der Waals surface area contributed by atoms with Gasteiger partial charge in [0.05, 0.1) is 21.7 Å². The summed E-state index contributed by atoms with van der Waals surface area (Å²) in [5.41, 5.74) is -6.97. The lowest BCUT2D eigenvalue weighted by Gasteiger charge is -2.19. The first-order valence-corrected chi connectivity index (χ1v) is 9.41. The van der Waals surface area contributed by atoms with E-state index in [1.807, 2.05) is 20.8 Å². The molecule has 0 radical (unpaired) electrons. The molecule has 2 nitrogen and oxygen atoms in total. The first-order chi connectivity index (χ1) is 13.3. The summed E-state index contributed by atoms with van der Waals surface area (Å²) in [6.07, 6.45) is -10.5. The SMILES string of the molecule is [2H]C([2H])(c1ccc(C(C)(C)C)cc1)S(=O)(=O)c1cc(C(F)(F)F)cc(C(F)(F)F)c1. The van der Waals surface area contributed by atoms with Crippen LogP contribution in [0.15, 0.2) is 47.4 Å². The Morgan fingerprint density at radius 1 is 0.786 bits per heavy atom. The van der Waals surface area contributed by atoms with Gasteiger partial charge in [0, 0.05) is 2.74 Å². The van der Waals surface area contributed by atoms with Gasteiger partial charge in [0.25, 0.3) is 0 Å². The number of alkyl halides is 6. The molecule has 0 bridgehead atoms. The van der Waals surface area contributed by atoms with Gasteiger partial charge in [-0.25, -0.2) is 8.42 Å². The number of benzene rings is 2. The molecule has 154 valence electrons. The Hall–Kier alpha value is -2.03. The molecular formula is C19H18F6O2S. The quantitative estimate of drug-likeness (QED) is 0.565. The average molecular weight is 426 g/mol. The monoisotopic (exact) mass is 426 g/mol. The van der Waals surface area contributed by atoms with Crippen molar-refractivity contribution in [1.82, 2.24) is 0 Å². The van der Waals surface area contributed by atoms with Crippen LogP contribution in [0.25, 0.3) is 0 Å². The van der Waals surface area contributed by atoms with Gasteiger partial charge in [-0.1, -0.05) is 45.0 Å². The minimum Gasteiger partial charge on any atom is -0.223 e. The highest BCUT2D eigenvalue weighted by atomic mass is 32.2. The normalized spacial score (nSPS) is 15.2. The van der Waals surface area contributed by atoms with E-state index in [0.717, 1.165) is 17.7 Å². The first kappa shape index (κ1) is 19.3. The van der Waals surface area contributed by atoms with Crippen molar-refractivity contribution >= 4 is 9.84 Å². The fourth-order valence-corrected chi connectivity index (χ4v) is 3.46. The van der Waals surface area contributed by atoms with E-state index in [9.17, 15) is 34.8 Å². The van der Waals surface area contributed by atoms with Gasteiger partial charge in [-0.05, 0) is 34.7 Å². The van der Waals surface area contributed by atoms with Crippen molar-refractivity contribution in [2.45, 2.75) is 49.1 Å². The summed E-state index contributed by atoms with van der Waals surface area (Å²) < 4.78 is 120. The van der Waals surface area contributed by atoms with Crippen LogP contribution in [-0.4, -0.2) is 8.42 Å². The minimum absolute atomic E-state index is 0.00588. The average Bonchev–Trinajstić information content (AvgIpc) is 2.59. The van der Waals surface area contributed by atoms with Crippen LogP contribution in [0.2, 0.25) is 0 Å². The van der Waals surface area contributed by atoms with Crippen molar-refractivity contribution in [3.63, 3.8) is 0 Å². The summed E-state index contributed by atoms with van der Waals surface area (Å²) in [6, 6.07) is 5.00. The van der Waals surface area contributed by atoms with Gasteiger partial charge in [-0.15, -0.1) is 0 Å². The molecule has 0 aromatic heterocycles. The molecule has 0 aliphatic heterocycles. The molecule has 0 saturated heterocycles. The summed E-state index contributed by atoms with van der Waals surface area (Å²) in [5, 5.41) is 0. The topological polar surface area (TPSA) is 34.1 Å². The third kappa shape index (κ3) is 5.27. The van der Waals surface area contributed by atoms with E-state index in [2.05, 4.69) is 0 Å². The maximum Gasteiger partial charge on any atom is 0.416 e. The molecule has 28 heavy (non-hydrogen) atoms. The second-order valence-electron chi connectivity index (χ2n) is 7.17. The molecule has 0 aliphatic carbocycles. The zero-order chi connectivity index (χ0) is 23.3. The molecule has 0 N–H and O–H groups in total. The standard InChI is InChI=1S/C19H18F6O2S/c1-17(2,3)13-6-4-12(5-7-13)11-28(26,27)16-9-14(18(20,21)22)8-15(10-16)19(23,24)25/h4-10H,11H2,1-3H3/i11D2. The van der Waals surface area contributed by atoms with Crippen LogP contribution in [-0.2, 0) is 33.3 Å². The van der Waals surface area contributed by atoms with E-state index in [1.54, 1.807) is 0 Å². The van der Waals surface area contributed by atoms with Crippen LogP contribution < -0.4 is 0 Å². The van der Waals surface area contributed by atoms with Gasteiger partial charge in [0.1, 0.15) is 0 Å². The molecule has 0 aliphatic rings. The number of hydrogen-bond donors (Lipinski definition) is 0. The van der Waals surface area contributed by atoms with Crippen LogP contribution in [0, 0.1) is 0 Å². The van der Waals surface area contributed by atoms with E-state index in [-0.39, 0.29) is 23.6 Å². The number of halogens is 6. The number of hydrogen-bond acceptors (Lipinski definition) is 2. The fraction of sp³-hybridized carbons (Fsp3) is 0.368. The summed E-state index contributed by atoms with van der Waals surface area (Å²) in [5.74, 6) is 0. The highest BCUT2D eigenvalue weighted by Gasteiger charge is 2.38. The lowest BCUT2D eigenvalue weighted by molar-refractivity contribution is -0.143. The van der Waals surface area contributed by atoms with Crippen molar-refractivity contribution in [3.05, 3.63) is 64.7 Å². The van der Waals surface area contributed by atoms with E-state index in [4.69, 9.17) is 2.74 Å². The summed E-state index contributed by atoms with van der Waals surface area (Å²) in [7, 11) is -5.27. The Labute approximate surface area is 161 Å². The number of sulfone groups is 1. The highest BCUT2D eigenvalue weighted by Crippen LogP contribution is 2.37. The summed E-state index contributed by atoms with van der Waals surface area (Å²) in [6.45, 7) is 5.57. The van der Waals surface area contributed by atoms with Gasteiger partial charge >= 0.3 is 12.4 Å². The summed E-state index contributed by atoms with van der Waals surface area (Å²) >= 11 is 0. The maximum absolute atomic E-state index is 13.0. The van der Waals surface area contributed by atoms with Gasteiger partial charge in [-0.3, -0.25) is 0 Å². The third-order valence-electron chi connectivity index (χ3n) is 3.87. The zero-order valence-electron chi connectivity index (χ0n) is 17.0. The Kier molecular flexibility index (Phi) is 4.89. The van der Waals surface area contributed by atoms with Crippen LogP contribution in [0.4, 0.5) is 26.3 Å². The summed E-state index contributed by atoms with van der Waals surface area (Å²) in [4.78, 5) is -1.41.